The Kier molecular flexibility index (Phi) is 3.24. The van der Waals surface area contributed by atoms with Gasteiger partial charge < -0.3 is 4.42 Å². The Balaban J connectivity index is 2.88. The minimum absolute atomic E-state index is 0.0121. The molecule has 1 heterocycles. The van der Waals surface area contributed by atoms with Crippen LogP contribution in [0.1, 0.15) is 25.2 Å². The van der Waals surface area contributed by atoms with Crippen LogP contribution in [0.15, 0.2) is 45.6 Å². The fraction of sp³-hybridized carbons (Fsp3) is 0.133. The third-order valence-corrected chi connectivity index (χ3v) is 2.51. The fourth-order valence-electron chi connectivity index (χ4n) is 1.77. The topological polar surface area (TPSA) is 30.2 Å². The average Bonchev–Trinajstić information content (AvgIpc) is 2.34. The van der Waals surface area contributed by atoms with E-state index in [4.69, 9.17) is 4.42 Å². The van der Waals surface area contributed by atoms with Crippen LogP contribution in [0.25, 0.3) is 23.1 Å². The van der Waals surface area contributed by atoms with Crippen molar-refractivity contribution >= 4 is 23.1 Å². The van der Waals surface area contributed by atoms with Gasteiger partial charge in [-0.15, -0.1) is 0 Å². The van der Waals surface area contributed by atoms with Crippen LogP contribution >= 0.6 is 0 Å². The van der Waals surface area contributed by atoms with Crippen molar-refractivity contribution in [3.05, 3.63) is 58.0 Å². The monoisotopic (exact) mass is 226 g/mol. The van der Waals surface area contributed by atoms with E-state index in [0.29, 0.717) is 22.3 Å². The Bertz CT molecular complexity index is 646. The van der Waals surface area contributed by atoms with Gasteiger partial charge in [0.25, 0.3) is 0 Å². The Morgan fingerprint density at radius 1 is 1.06 bits per heavy atom. The second-order valence-corrected chi connectivity index (χ2v) is 3.71. The van der Waals surface area contributed by atoms with Crippen molar-refractivity contribution in [2.75, 3.05) is 0 Å². The summed E-state index contributed by atoms with van der Waals surface area (Å²) < 4.78 is 5.73. The summed E-state index contributed by atoms with van der Waals surface area (Å²) in [4.78, 5) is 12.3. The highest BCUT2D eigenvalue weighted by Crippen LogP contribution is 2.17. The predicted octanol–water partition coefficient (Wildman–Crippen LogP) is 3.86. The highest BCUT2D eigenvalue weighted by atomic mass is 16.3. The summed E-state index contributed by atoms with van der Waals surface area (Å²) in [5.41, 5.74) is 1.24. The van der Waals surface area contributed by atoms with Gasteiger partial charge in [-0.05, 0) is 32.1 Å². The summed E-state index contributed by atoms with van der Waals surface area (Å²) in [7, 11) is 0. The molecule has 0 radical (unpaired) electrons. The molecule has 0 saturated carbocycles. The molecule has 2 aromatic rings. The van der Waals surface area contributed by atoms with E-state index in [1.807, 2.05) is 50.3 Å². The second-order valence-electron chi connectivity index (χ2n) is 3.71. The number of fused-ring (bicyclic) bond motifs is 1. The minimum Gasteiger partial charge on any atom is -0.456 e. The zero-order valence-corrected chi connectivity index (χ0v) is 9.94. The number of allylic oxidation sites excluding steroid dienone is 2. The summed E-state index contributed by atoms with van der Waals surface area (Å²) in [6.45, 7) is 3.78. The van der Waals surface area contributed by atoms with Crippen molar-refractivity contribution in [1.82, 2.24) is 0 Å². The van der Waals surface area contributed by atoms with Crippen molar-refractivity contribution < 1.29 is 4.42 Å². The molecule has 0 bridgehead atoms. The lowest BCUT2D eigenvalue weighted by Gasteiger charge is -2.03. The van der Waals surface area contributed by atoms with Crippen molar-refractivity contribution in [3.8, 4) is 0 Å². The van der Waals surface area contributed by atoms with Crippen molar-refractivity contribution in [2.45, 2.75) is 13.8 Å². The lowest BCUT2D eigenvalue weighted by atomic mass is 10.1. The van der Waals surface area contributed by atoms with Crippen molar-refractivity contribution in [3.63, 3.8) is 0 Å². The zero-order valence-electron chi connectivity index (χ0n) is 9.94. The normalized spacial score (nSPS) is 11.9. The molecule has 0 saturated heterocycles. The summed E-state index contributed by atoms with van der Waals surface area (Å²) in [5.74, 6) is 0.606. The van der Waals surface area contributed by atoms with E-state index < -0.39 is 0 Å². The quantitative estimate of drug-likeness (QED) is 0.778. The van der Waals surface area contributed by atoms with Gasteiger partial charge in [0.2, 0.25) is 5.43 Å². The Morgan fingerprint density at radius 2 is 1.76 bits per heavy atom. The molecule has 0 aliphatic carbocycles. The van der Waals surface area contributed by atoms with Crippen LogP contribution in [0.4, 0.5) is 0 Å². The van der Waals surface area contributed by atoms with Crippen LogP contribution in [-0.4, -0.2) is 0 Å². The molecule has 0 aliphatic heterocycles. The molecule has 1 aromatic heterocycles. The van der Waals surface area contributed by atoms with E-state index in [-0.39, 0.29) is 5.43 Å². The highest BCUT2D eigenvalue weighted by molar-refractivity contribution is 5.80. The average molecular weight is 226 g/mol. The molecule has 86 valence electrons. The molecule has 0 atom stereocenters. The van der Waals surface area contributed by atoms with Gasteiger partial charge in [0.15, 0.2) is 0 Å². The standard InChI is InChI=1S/C15H14O2/c1-3-7-11-13(8-4-2)17-14-10-6-5-9-12(14)15(11)16/h3-10H,1-2H3/b7-3-,8-4-. The maximum absolute atomic E-state index is 12.3. The first kappa shape index (κ1) is 11.4. The summed E-state index contributed by atoms with van der Waals surface area (Å²) in [5, 5.41) is 0.619. The summed E-state index contributed by atoms with van der Waals surface area (Å²) in [6.07, 6.45) is 7.30. The second kappa shape index (κ2) is 4.83. The SMILES string of the molecule is C/C=C\c1oc2ccccc2c(=O)c1/C=C\C. The fourth-order valence-corrected chi connectivity index (χ4v) is 1.77. The lowest BCUT2D eigenvalue weighted by molar-refractivity contribution is 0.589. The van der Waals surface area contributed by atoms with E-state index in [9.17, 15) is 4.79 Å². The first-order chi connectivity index (χ1) is 8.27. The Morgan fingerprint density at radius 3 is 2.47 bits per heavy atom. The number of hydrogen-bond acceptors (Lipinski definition) is 2. The zero-order chi connectivity index (χ0) is 12.3. The molecular formula is C15H14O2. The molecule has 17 heavy (non-hydrogen) atoms. The molecule has 2 heteroatoms. The van der Waals surface area contributed by atoms with Crippen LogP contribution in [0, 0.1) is 0 Å². The van der Waals surface area contributed by atoms with Gasteiger partial charge >= 0.3 is 0 Å². The number of benzene rings is 1. The first-order valence-corrected chi connectivity index (χ1v) is 5.59. The van der Waals surface area contributed by atoms with Gasteiger partial charge in [0.1, 0.15) is 11.3 Å². The molecule has 0 unspecified atom stereocenters. The highest BCUT2D eigenvalue weighted by Gasteiger charge is 2.09. The molecule has 0 fully saturated rings. The molecular weight excluding hydrogens is 212 g/mol. The van der Waals surface area contributed by atoms with Gasteiger partial charge in [-0.3, -0.25) is 4.79 Å². The van der Waals surface area contributed by atoms with E-state index in [1.165, 1.54) is 0 Å². The van der Waals surface area contributed by atoms with Gasteiger partial charge in [-0.25, -0.2) is 0 Å². The molecule has 0 amide bonds. The van der Waals surface area contributed by atoms with Gasteiger partial charge in [0, 0.05) is 0 Å². The van der Waals surface area contributed by atoms with E-state index in [1.54, 1.807) is 12.1 Å². The molecule has 0 spiro atoms. The number of hydrogen-bond donors (Lipinski definition) is 0. The van der Waals surface area contributed by atoms with Crippen molar-refractivity contribution in [2.24, 2.45) is 0 Å². The summed E-state index contributed by atoms with van der Waals surface area (Å²) in [6, 6.07) is 7.30. The molecule has 0 N–H and O–H groups in total. The van der Waals surface area contributed by atoms with Crippen LogP contribution in [-0.2, 0) is 0 Å². The Labute approximate surface area is 99.9 Å². The molecule has 2 rings (SSSR count). The van der Waals surface area contributed by atoms with E-state index >= 15 is 0 Å². The number of para-hydroxylation sites is 1. The molecule has 0 aliphatic rings. The van der Waals surface area contributed by atoms with Crippen LogP contribution in [0.3, 0.4) is 0 Å². The summed E-state index contributed by atoms with van der Waals surface area (Å²) >= 11 is 0. The van der Waals surface area contributed by atoms with Crippen LogP contribution < -0.4 is 5.43 Å². The maximum Gasteiger partial charge on any atom is 0.200 e. The van der Waals surface area contributed by atoms with Crippen LogP contribution in [0.5, 0.6) is 0 Å². The minimum atomic E-state index is 0.0121. The largest absolute Gasteiger partial charge is 0.456 e. The van der Waals surface area contributed by atoms with Gasteiger partial charge in [0.05, 0.1) is 10.9 Å². The van der Waals surface area contributed by atoms with Crippen LogP contribution in [0.2, 0.25) is 0 Å². The smallest absolute Gasteiger partial charge is 0.200 e. The van der Waals surface area contributed by atoms with Gasteiger partial charge in [-0.2, -0.15) is 0 Å². The van der Waals surface area contributed by atoms with Gasteiger partial charge in [-0.1, -0.05) is 30.4 Å². The predicted molar refractivity (Wildman–Crippen MR) is 71.9 cm³/mol. The van der Waals surface area contributed by atoms with E-state index in [2.05, 4.69) is 0 Å². The lowest BCUT2D eigenvalue weighted by Crippen LogP contribution is -2.07. The third kappa shape index (κ3) is 2.07. The number of rotatable bonds is 2. The Hall–Kier alpha value is -2.09. The maximum atomic E-state index is 12.3. The first-order valence-electron chi connectivity index (χ1n) is 5.59. The molecule has 1 aromatic carbocycles. The molecule has 2 nitrogen and oxygen atoms in total. The third-order valence-electron chi connectivity index (χ3n) is 2.51. The van der Waals surface area contributed by atoms with E-state index in [0.717, 1.165) is 0 Å². The van der Waals surface area contributed by atoms with Crippen molar-refractivity contribution in [1.29, 1.82) is 0 Å².